The standard InChI is InChI=1S/C19H16ClNO3/c1-23-17(22)12-11-16-18(13-7-9-15(20)10-8-13)21-19(24-16)14-5-3-2-4-6-14/h2-10H,11-12H2,1H3. The second kappa shape index (κ2) is 7.32. The molecule has 0 spiro atoms. The van der Waals surface area contributed by atoms with Crippen LogP contribution in [0.25, 0.3) is 22.7 Å². The molecule has 0 saturated carbocycles. The Kier molecular flexibility index (Phi) is 4.96. The molecule has 0 aliphatic carbocycles. The van der Waals surface area contributed by atoms with E-state index < -0.39 is 0 Å². The van der Waals surface area contributed by atoms with Crippen LogP contribution in [0.2, 0.25) is 5.02 Å². The second-order valence-electron chi connectivity index (χ2n) is 5.24. The van der Waals surface area contributed by atoms with Gasteiger partial charge in [-0.3, -0.25) is 4.79 Å². The van der Waals surface area contributed by atoms with E-state index in [9.17, 15) is 4.79 Å². The van der Waals surface area contributed by atoms with E-state index in [0.29, 0.717) is 23.1 Å². The van der Waals surface area contributed by atoms with Crippen LogP contribution in [0.15, 0.2) is 59.0 Å². The van der Waals surface area contributed by atoms with Crippen molar-refractivity contribution >= 4 is 17.6 Å². The largest absolute Gasteiger partial charge is 0.469 e. The van der Waals surface area contributed by atoms with Crippen molar-refractivity contribution < 1.29 is 13.9 Å². The molecule has 3 aromatic rings. The number of ether oxygens (including phenoxy) is 1. The zero-order valence-electron chi connectivity index (χ0n) is 13.2. The fourth-order valence-corrected chi connectivity index (χ4v) is 2.50. The van der Waals surface area contributed by atoms with Crippen LogP contribution in [-0.4, -0.2) is 18.1 Å². The first kappa shape index (κ1) is 16.3. The highest BCUT2D eigenvalue weighted by Gasteiger charge is 2.17. The zero-order valence-corrected chi connectivity index (χ0v) is 13.9. The van der Waals surface area contributed by atoms with E-state index in [1.165, 1.54) is 7.11 Å². The van der Waals surface area contributed by atoms with Crippen molar-refractivity contribution in [3.05, 3.63) is 65.4 Å². The third-order valence-corrected chi connectivity index (χ3v) is 3.87. The zero-order chi connectivity index (χ0) is 16.9. The molecule has 5 heteroatoms. The molecule has 1 heterocycles. The van der Waals surface area contributed by atoms with Gasteiger partial charge in [0.05, 0.1) is 13.5 Å². The van der Waals surface area contributed by atoms with E-state index in [1.807, 2.05) is 42.5 Å². The lowest BCUT2D eigenvalue weighted by Crippen LogP contribution is -2.02. The SMILES string of the molecule is COC(=O)CCc1oc(-c2ccccc2)nc1-c1ccc(Cl)cc1. The Morgan fingerprint density at radius 2 is 1.79 bits per heavy atom. The molecule has 0 fully saturated rings. The lowest BCUT2D eigenvalue weighted by molar-refractivity contribution is -0.140. The van der Waals surface area contributed by atoms with E-state index in [4.69, 9.17) is 20.8 Å². The first-order valence-electron chi connectivity index (χ1n) is 7.55. The van der Waals surface area contributed by atoms with Crippen LogP contribution in [-0.2, 0) is 16.0 Å². The van der Waals surface area contributed by atoms with Gasteiger partial charge < -0.3 is 9.15 Å². The van der Waals surface area contributed by atoms with Crippen LogP contribution in [0.4, 0.5) is 0 Å². The highest BCUT2D eigenvalue weighted by molar-refractivity contribution is 6.30. The number of aromatic nitrogens is 1. The smallest absolute Gasteiger partial charge is 0.305 e. The van der Waals surface area contributed by atoms with Gasteiger partial charge in [-0.25, -0.2) is 4.98 Å². The summed E-state index contributed by atoms with van der Waals surface area (Å²) in [6.45, 7) is 0. The first-order valence-corrected chi connectivity index (χ1v) is 7.93. The van der Waals surface area contributed by atoms with Crippen LogP contribution in [0.5, 0.6) is 0 Å². The van der Waals surface area contributed by atoms with Crippen LogP contribution in [0.3, 0.4) is 0 Å². The van der Waals surface area contributed by atoms with Crippen molar-refractivity contribution in [2.45, 2.75) is 12.8 Å². The number of oxazole rings is 1. The number of carbonyl (C=O) groups is 1. The number of methoxy groups -OCH3 is 1. The van der Waals surface area contributed by atoms with Crippen LogP contribution < -0.4 is 0 Å². The molecular formula is C19H16ClNO3. The maximum absolute atomic E-state index is 11.5. The normalized spacial score (nSPS) is 10.6. The minimum Gasteiger partial charge on any atom is -0.469 e. The Balaban J connectivity index is 1.99. The van der Waals surface area contributed by atoms with Gasteiger partial charge in [-0.2, -0.15) is 0 Å². The maximum Gasteiger partial charge on any atom is 0.305 e. The van der Waals surface area contributed by atoms with Gasteiger partial charge in [0.25, 0.3) is 0 Å². The fraction of sp³-hybridized carbons (Fsp3) is 0.158. The van der Waals surface area contributed by atoms with Crippen molar-refractivity contribution in [2.75, 3.05) is 7.11 Å². The minimum absolute atomic E-state index is 0.237. The maximum atomic E-state index is 11.5. The Labute approximate surface area is 145 Å². The van der Waals surface area contributed by atoms with Crippen LogP contribution in [0, 0.1) is 0 Å². The molecule has 0 aliphatic heterocycles. The number of rotatable bonds is 5. The summed E-state index contributed by atoms with van der Waals surface area (Å²) in [5.74, 6) is 0.900. The topological polar surface area (TPSA) is 52.3 Å². The number of hydrogen-bond acceptors (Lipinski definition) is 4. The molecule has 2 aromatic carbocycles. The van der Waals surface area contributed by atoms with Crippen molar-refractivity contribution in [3.63, 3.8) is 0 Å². The molecule has 0 N–H and O–H groups in total. The highest BCUT2D eigenvalue weighted by atomic mass is 35.5. The number of carbonyl (C=O) groups excluding carboxylic acids is 1. The number of halogens is 1. The Morgan fingerprint density at radius 3 is 2.46 bits per heavy atom. The van der Waals surface area contributed by atoms with Crippen LogP contribution >= 0.6 is 11.6 Å². The third kappa shape index (κ3) is 3.66. The summed E-state index contributed by atoms with van der Waals surface area (Å²) in [6, 6.07) is 17.0. The molecule has 122 valence electrons. The van der Waals surface area contributed by atoms with Gasteiger partial charge >= 0.3 is 5.97 Å². The van der Waals surface area contributed by atoms with Gasteiger partial charge in [0.1, 0.15) is 11.5 Å². The van der Waals surface area contributed by atoms with Gasteiger partial charge in [-0.15, -0.1) is 0 Å². The summed E-state index contributed by atoms with van der Waals surface area (Å²) < 4.78 is 10.6. The molecule has 0 amide bonds. The highest BCUT2D eigenvalue weighted by Crippen LogP contribution is 2.30. The van der Waals surface area contributed by atoms with E-state index in [2.05, 4.69) is 4.98 Å². The minimum atomic E-state index is -0.283. The molecular weight excluding hydrogens is 326 g/mol. The molecule has 3 rings (SSSR count). The number of benzene rings is 2. The van der Waals surface area contributed by atoms with Crippen LogP contribution in [0.1, 0.15) is 12.2 Å². The molecule has 0 aliphatic rings. The van der Waals surface area contributed by atoms with E-state index in [-0.39, 0.29) is 12.4 Å². The van der Waals surface area contributed by atoms with E-state index in [1.54, 1.807) is 12.1 Å². The van der Waals surface area contributed by atoms with Crippen molar-refractivity contribution in [3.8, 4) is 22.7 Å². The number of esters is 1. The first-order chi connectivity index (χ1) is 11.7. The molecule has 0 atom stereocenters. The summed E-state index contributed by atoms with van der Waals surface area (Å²) in [5, 5.41) is 0.654. The summed E-state index contributed by atoms with van der Waals surface area (Å²) in [7, 11) is 1.37. The average Bonchev–Trinajstić information content (AvgIpc) is 3.05. The Morgan fingerprint density at radius 1 is 1.08 bits per heavy atom. The van der Waals surface area contributed by atoms with Gasteiger partial charge in [0, 0.05) is 22.6 Å². The number of aryl methyl sites for hydroxylation is 1. The lowest BCUT2D eigenvalue weighted by atomic mass is 10.1. The summed E-state index contributed by atoms with van der Waals surface area (Å²) in [4.78, 5) is 16.1. The predicted molar refractivity (Wildman–Crippen MR) is 92.7 cm³/mol. The summed E-state index contributed by atoms with van der Waals surface area (Å²) >= 11 is 5.96. The van der Waals surface area contributed by atoms with Crippen molar-refractivity contribution in [1.29, 1.82) is 0 Å². The molecule has 24 heavy (non-hydrogen) atoms. The molecule has 4 nitrogen and oxygen atoms in total. The monoisotopic (exact) mass is 341 g/mol. The quantitative estimate of drug-likeness (QED) is 0.627. The molecule has 0 bridgehead atoms. The molecule has 0 unspecified atom stereocenters. The fourth-order valence-electron chi connectivity index (χ4n) is 2.38. The molecule has 0 radical (unpaired) electrons. The summed E-state index contributed by atoms with van der Waals surface area (Å²) in [5.41, 5.74) is 2.50. The lowest BCUT2D eigenvalue weighted by Gasteiger charge is -2.01. The third-order valence-electron chi connectivity index (χ3n) is 3.62. The van der Waals surface area contributed by atoms with Gasteiger partial charge in [0.15, 0.2) is 0 Å². The molecule has 1 aromatic heterocycles. The van der Waals surface area contributed by atoms with Gasteiger partial charge in [-0.1, -0.05) is 41.9 Å². The van der Waals surface area contributed by atoms with E-state index >= 15 is 0 Å². The molecule has 0 saturated heterocycles. The van der Waals surface area contributed by atoms with Gasteiger partial charge in [0.2, 0.25) is 5.89 Å². The predicted octanol–water partition coefficient (Wildman–Crippen LogP) is 4.77. The Bertz CT molecular complexity index is 826. The second-order valence-corrected chi connectivity index (χ2v) is 5.68. The van der Waals surface area contributed by atoms with E-state index in [0.717, 1.165) is 16.8 Å². The average molecular weight is 342 g/mol. The van der Waals surface area contributed by atoms with Gasteiger partial charge in [-0.05, 0) is 24.3 Å². The number of nitrogens with zero attached hydrogens (tertiary/aromatic N) is 1. The summed E-state index contributed by atoms with van der Waals surface area (Å²) in [6.07, 6.45) is 0.658. The van der Waals surface area contributed by atoms with Crippen molar-refractivity contribution in [2.24, 2.45) is 0 Å². The van der Waals surface area contributed by atoms with Crippen molar-refractivity contribution in [1.82, 2.24) is 4.98 Å². The number of hydrogen-bond donors (Lipinski definition) is 0. The Hall–Kier alpha value is -2.59.